The average molecular weight is 275 g/mol. The number of amides is 1. The van der Waals surface area contributed by atoms with Crippen molar-refractivity contribution >= 4 is 11.7 Å². The third-order valence-corrected chi connectivity index (χ3v) is 4.16. The fourth-order valence-corrected chi connectivity index (χ4v) is 3.00. The van der Waals surface area contributed by atoms with Crippen molar-refractivity contribution in [3.63, 3.8) is 0 Å². The highest BCUT2D eigenvalue weighted by molar-refractivity contribution is 5.98. The maximum atomic E-state index is 12.7. The van der Waals surface area contributed by atoms with Crippen molar-refractivity contribution in [2.75, 3.05) is 18.9 Å². The zero-order valence-electron chi connectivity index (χ0n) is 12.7. The first-order valence-corrected chi connectivity index (χ1v) is 7.59. The Kier molecular flexibility index (Phi) is 4.99. The molecule has 0 saturated heterocycles. The van der Waals surface area contributed by atoms with Gasteiger partial charge in [0.15, 0.2) is 0 Å². The standard InChI is InChI=1S/C16H25N3O/c1-4-17-15-14(9-6-10-18-15)16(20)19(3)13-8-5-7-12(2)11-13/h6,9-10,12-13H,4-5,7-8,11H2,1-3H3,(H,17,18). The van der Waals surface area contributed by atoms with Crippen LogP contribution in [0.2, 0.25) is 0 Å². The van der Waals surface area contributed by atoms with Crippen molar-refractivity contribution in [3.8, 4) is 0 Å². The number of carbonyl (C=O) groups is 1. The molecule has 1 aromatic rings. The molecule has 0 radical (unpaired) electrons. The zero-order valence-corrected chi connectivity index (χ0v) is 12.7. The second-order valence-electron chi connectivity index (χ2n) is 5.77. The number of aromatic nitrogens is 1. The quantitative estimate of drug-likeness (QED) is 0.918. The summed E-state index contributed by atoms with van der Waals surface area (Å²) in [5, 5.41) is 3.16. The van der Waals surface area contributed by atoms with Gasteiger partial charge in [0.25, 0.3) is 5.91 Å². The zero-order chi connectivity index (χ0) is 14.5. The molecule has 0 aromatic carbocycles. The molecule has 0 aliphatic heterocycles. The molecule has 1 aromatic heterocycles. The minimum Gasteiger partial charge on any atom is -0.370 e. The van der Waals surface area contributed by atoms with Gasteiger partial charge in [-0.2, -0.15) is 0 Å². The smallest absolute Gasteiger partial charge is 0.257 e. The predicted molar refractivity (Wildman–Crippen MR) is 81.9 cm³/mol. The lowest BCUT2D eigenvalue weighted by atomic mass is 9.86. The van der Waals surface area contributed by atoms with E-state index >= 15 is 0 Å². The molecule has 0 spiro atoms. The van der Waals surface area contributed by atoms with Gasteiger partial charge in [0, 0.05) is 25.8 Å². The lowest BCUT2D eigenvalue weighted by Gasteiger charge is -2.34. The van der Waals surface area contributed by atoms with E-state index in [0.717, 1.165) is 19.4 Å². The van der Waals surface area contributed by atoms with Gasteiger partial charge in [-0.3, -0.25) is 4.79 Å². The van der Waals surface area contributed by atoms with Crippen LogP contribution < -0.4 is 5.32 Å². The molecule has 4 heteroatoms. The molecule has 2 unspecified atom stereocenters. The van der Waals surface area contributed by atoms with Gasteiger partial charge >= 0.3 is 0 Å². The normalized spacial score (nSPS) is 22.4. The summed E-state index contributed by atoms with van der Waals surface area (Å²) < 4.78 is 0. The lowest BCUT2D eigenvalue weighted by molar-refractivity contribution is 0.0673. The fourth-order valence-electron chi connectivity index (χ4n) is 3.00. The first-order valence-electron chi connectivity index (χ1n) is 7.59. The van der Waals surface area contributed by atoms with Crippen molar-refractivity contribution in [2.45, 2.75) is 45.6 Å². The van der Waals surface area contributed by atoms with Crippen LogP contribution in [0.4, 0.5) is 5.82 Å². The van der Waals surface area contributed by atoms with Gasteiger partial charge in [-0.25, -0.2) is 4.98 Å². The second-order valence-corrected chi connectivity index (χ2v) is 5.77. The SMILES string of the molecule is CCNc1ncccc1C(=O)N(C)C1CCCC(C)C1. The van der Waals surface area contributed by atoms with Crippen LogP contribution in [0.1, 0.15) is 49.9 Å². The van der Waals surface area contributed by atoms with E-state index in [9.17, 15) is 4.79 Å². The van der Waals surface area contributed by atoms with Gasteiger partial charge in [-0.05, 0) is 37.8 Å². The van der Waals surface area contributed by atoms with Crippen molar-refractivity contribution in [3.05, 3.63) is 23.9 Å². The van der Waals surface area contributed by atoms with Crippen LogP contribution in [0, 0.1) is 5.92 Å². The summed E-state index contributed by atoms with van der Waals surface area (Å²) in [5.41, 5.74) is 0.676. The Morgan fingerprint density at radius 2 is 2.30 bits per heavy atom. The first kappa shape index (κ1) is 14.8. The molecule has 2 atom stereocenters. The van der Waals surface area contributed by atoms with Gasteiger partial charge in [-0.15, -0.1) is 0 Å². The number of anilines is 1. The number of pyridine rings is 1. The van der Waals surface area contributed by atoms with E-state index in [1.807, 2.05) is 31.0 Å². The van der Waals surface area contributed by atoms with Crippen LogP contribution in [-0.2, 0) is 0 Å². The molecule has 0 bridgehead atoms. The number of carbonyl (C=O) groups excluding carboxylic acids is 1. The highest BCUT2D eigenvalue weighted by Gasteiger charge is 2.27. The molecule has 4 nitrogen and oxygen atoms in total. The summed E-state index contributed by atoms with van der Waals surface area (Å²) >= 11 is 0. The van der Waals surface area contributed by atoms with Crippen LogP contribution in [0.5, 0.6) is 0 Å². The monoisotopic (exact) mass is 275 g/mol. The van der Waals surface area contributed by atoms with E-state index in [2.05, 4.69) is 17.2 Å². The number of nitrogens with one attached hydrogen (secondary N) is 1. The van der Waals surface area contributed by atoms with Gasteiger partial charge < -0.3 is 10.2 Å². The van der Waals surface area contributed by atoms with E-state index < -0.39 is 0 Å². The summed E-state index contributed by atoms with van der Waals surface area (Å²) in [4.78, 5) is 18.9. The van der Waals surface area contributed by atoms with E-state index in [1.165, 1.54) is 12.8 Å². The van der Waals surface area contributed by atoms with Crippen LogP contribution in [-0.4, -0.2) is 35.4 Å². The largest absolute Gasteiger partial charge is 0.370 e. The minimum absolute atomic E-state index is 0.0770. The van der Waals surface area contributed by atoms with E-state index in [4.69, 9.17) is 0 Å². The Balaban J connectivity index is 2.13. The number of hydrogen-bond donors (Lipinski definition) is 1. The molecule has 2 rings (SSSR count). The maximum Gasteiger partial charge on any atom is 0.257 e. The second kappa shape index (κ2) is 6.73. The summed E-state index contributed by atoms with van der Waals surface area (Å²) in [6.45, 7) is 5.05. The van der Waals surface area contributed by atoms with E-state index in [-0.39, 0.29) is 5.91 Å². The van der Waals surface area contributed by atoms with Gasteiger partial charge in [-0.1, -0.05) is 19.8 Å². The van der Waals surface area contributed by atoms with Crippen molar-refractivity contribution < 1.29 is 4.79 Å². The van der Waals surface area contributed by atoms with Crippen molar-refractivity contribution in [2.24, 2.45) is 5.92 Å². The third kappa shape index (κ3) is 3.30. The number of hydrogen-bond acceptors (Lipinski definition) is 3. The van der Waals surface area contributed by atoms with Crippen LogP contribution >= 0.6 is 0 Å². The summed E-state index contributed by atoms with van der Waals surface area (Å²) in [5.74, 6) is 1.48. The van der Waals surface area contributed by atoms with E-state index in [0.29, 0.717) is 23.3 Å². The van der Waals surface area contributed by atoms with Crippen LogP contribution in [0.15, 0.2) is 18.3 Å². The Hall–Kier alpha value is -1.58. The highest BCUT2D eigenvalue weighted by atomic mass is 16.2. The molecule has 1 heterocycles. The molecule has 1 N–H and O–H groups in total. The van der Waals surface area contributed by atoms with Gasteiger partial charge in [0.2, 0.25) is 0 Å². The molecular formula is C16H25N3O. The third-order valence-electron chi connectivity index (χ3n) is 4.16. The van der Waals surface area contributed by atoms with Crippen molar-refractivity contribution in [1.82, 2.24) is 9.88 Å². The van der Waals surface area contributed by atoms with E-state index in [1.54, 1.807) is 6.20 Å². The summed E-state index contributed by atoms with van der Waals surface area (Å²) in [7, 11) is 1.92. The van der Waals surface area contributed by atoms with Gasteiger partial charge in [0.1, 0.15) is 5.82 Å². The predicted octanol–water partition coefficient (Wildman–Crippen LogP) is 3.16. The Morgan fingerprint density at radius 1 is 1.50 bits per heavy atom. The highest BCUT2D eigenvalue weighted by Crippen LogP contribution is 2.28. The Bertz CT molecular complexity index is 461. The Morgan fingerprint density at radius 3 is 3.00 bits per heavy atom. The number of rotatable bonds is 4. The molecular weight excluding hydrogens is 250 g/mol. The topological polar surface area (TPSA) is 45.2 Å². The molecule has 1 saturated carbocycles. The molecule has 1 fully saturated rings. The summed E-state index contributed by atoms with van der Waals surface area (Å²) in [6.07, 6.45) is 6.45. The lowest BCUT2D eigenvalue weighted by Crippen LogP contribution is -2.40. The maximum absolute atomic E-state index is 12.7. The van der Waals surface area contributed by atoms with Crippen molar-refractivity contribution in [1.29, 1.82) is 0 Å². The van der Waals surface area contributed by atoms with Gasteiger partial charge in [0.05, 0.1) is 5.56 Å². The fraction of sp³-hybridized carbons (Fsp3) is 0.625. The number of nitrogens with zero attached hydrogens (tertiary/aromatic N) is 2. The van der Waals surface area contributed by atoms with Crippen LogP contribution in [0.3, 0.4) is 0 Å². The Labute approximate surface area is 121 Å². The molecule has 1 amide bonds. The molecule has 1 aliphatic carbocycles. The average Bonchev–Trinajstić information content (AvgIpc) is 2.47. The summed E-state index contributed by atoms with van der Waals surface area (Å²) in [6, 6.07) is 4.04. The molecule has 1 aliphatic rings. The first-order chi connectivity index (χ1) is 9.63. The molecule has 110 valence electrons. The molecule has 20 heavy (non-hydrogen) atoms. The minimum atomic E-state index is 0.0770. The van der Waals surface area contributed by atoms with Crippen LogP contribution in [0.25, 0.3) is 0 Å².